The number of nitrogens with zero attached hydrogens (tertiary/aromatic N) is 1. The van der Waals surface area contributed by atoms with E-state index in [2.05, 4.69) is 11.2 Å². The minimum Gasteiger partial charge on any atom is -0.340 e. The molecule has 94 valence electrons. The van der Waals surface area contributed by atoms with Crippen molar-refractivity contribution in [2.75, 3.05) is 0 Å². The molecule has 2 amide bonds. The molecule has 0 aromatic heterocycles. The zero-order chi connectivity index (χ0) is 13.2. The van der Waals surface area contributed by atoms with E-state index in [1.165, 1.54) is 0 Å². The highest BCUT2D eigenvalue weighted by Gasteiger charge is 2.45. The molecule has 4 nitrogen and oxygen atoms in total. The number of terminal acetylenes is 1. The first-order valence-electron chi connectivity index (χ1n) is 5.93. The van der Waals surface area contributed by atoms with Crippen LogP contribution in [-0.4, -0.2) is 34.3 Å². The molecule has 2 unspecified atom stereocenters. The Bertz CT molecular complexity index is 368. The van der Waals surface area contributed by atoms with Gasteiger partial charge in [-0.3, -0.25) is 9.59 Å². The van der Waals surface area contributed by atoms with E-state index in [-0.39, 0.29) is 17.9 Å². The average Bonchev–Trinajstić information content (AvgIpc) is 2.25. The smallest absolute Gasteiger partial charge is 0.248 e. The highest BCUT2D eigenvalue weighted by molar-refractivity contribution is 5.99. The van der Waals surface area contributed by atoms with Gasteiger partial charge < -0.3 is 10.2 Å². The van der Waals surface area contributed by atoms with Crippen molar-refractivity contribution in [3.63, 3.8) is 0 Å². The van der Waals surface area contributed by atoms with Crippen LogP contribution in [0.15, 0.2) is 0 Å². The van der Waals surface area contributed by atoms with Crippen LogP contribution < -0.4 is 5.32 Å². The zero-order valence-electron chi connectivity index (χ0n) is 10.9. The van der Waals surface area contributed by atoms with Crippen LogP contribution in [0.1, 0.15) is 40.5 Å². The normalized spacial score (nSPS) is 25.1. The lowest BCUT2D eigenvalue weighted by molar-refractivity contribution is -0.155. The monoisotopic (exact) mass is 236 g/mol. The topological polar surface area (TPSA) is 49.4 Å². The van der Waals surface area contributed by atoms with E-state index in [4.69, 9.17) is 6.42 Å². The molecule has 0 aliphatic carbocycles. The van der Waals surface area contributed by atoms with Crippen molar-refractivity contribution in [2.45, 2.75) is 58.2 Å². The molecule has 0 aromatic carbocycles. The van der Waals surface area contributed by atoms with Crippen molar-refractivity contribution in [2.24, 2.45) is 0 Å². The largest absolute Gasteiger partial charge is 0.340 e. The fourth-order valence-electron chi connectivity index (χ4n) is 2.15. The van der Waals surface area contributed by atoms with Crippen molar-refractivity contribution >= 4 is 11.8 Å². The van der Waals surface area contributed by atoms with Crippen molar-refractivity contribution in [1.29, 1.82) is 0 Å². The molecule has 4 heteroatoms. The SMILES string of the molecule is C#CCC(CC)N1C(=O)C(C)(C)NC(=O)C1C. The maximum absolute atomic E-state index is 12.3. The van der Waals surface area contributed by atoms with E-state index in [0.29, 0.717) is 6.42 Å². The van der Waals surface area contributed by atoms with Gasteiger partial charge in [-0.15, -0.1) is 12.3 Å². The van der Waals surface area contributed by atoms with Crippen LogP contribution in [0.2, 0.25) is 0 Å². The lowest BCUT2D eigenvalue weighted by atomic mass is 9.94. The van der Waals surface area contributed by atoms with Crippen LogP contribution in [0.4, 0.5) is 0 Å². The van der Waals surface area contributed by atoms with Gasteiger partial charge in [0.25, 0.3) is 0 Å². The maximum atomic E-state index is 12.3. The van der Waals surface area contributed by atoms with Gasteiger partial charge in [0.05, 0.1) is 0 Å². The fraction of sp³-hybridized carbons (Fsp3) is 0.692. The Hall–Kier alpha value is -1.50. The van der Waals surface area contributed by atoms with E-state index < -0.39 is 11.6 Å². The molecule has 1 fully saturated rings. The Balaban J connectivity index is 3.05. The van der Waals surface area contributed by atoms with Crippen molar-refractivity contribution in [3.8, 4) is 12.3 Å². The summed E-state index contributed by atoms with van der Waals surface area (Å²) < 4.78 is 0. The van der Waals surface area contributed by atoms with E-state index >= 15 is 0 Å². The summed E-state index contributed by atoms with van der Waals surface area (Å²) in [6.07, 6.45) is 6.55. The predicted molar refractivity (Wildman–Crippen MR) is 66.1 cm³/mol. The van der Waals surface area contributed by atoms with Crippen LogP contribution in [0.25, 0.3) is 0 Å². The highest BCUT2D eigenvalue weighted by Crippen LogP contribution is 2.23. The minimum absolute atomic E-state index is 0.0622. The molecular weight excluding hydrogens is 216 g/mol. The summed E-state index contributed by atoms with van der Waals surface area (Å²) in [5.41, 5.74) is -0.842. The summed E-state index contributed by atoms with van der Waals surface area (Å²) in [6, 6.07) is -0.512. The van der Waals surface area contributed by atoms with E-state index in [1.54, 1.807) is 25.7 Å². The molecule has 17 heavy (non-hydrogen) atoms. The van der Waals surface area contributed by atoms with Gasteiger partial charge in [0.2, 0.25) is 11.8 Å². The number of nitrogens with one attached hydrogen (secondary N) is 1. The van der Waals surface area contributed by atoms with E-state index in [0.717, 1.165) is 6.42 Å². The molecule has 1 rings (SSSR count). The summed E-state index contributed by atoms with van der Waals surface area (Å²) in [6.45, 7) is 7.15. The fourth-order valence-corrected chi connectivity index (χ4v) is 2.15. The first-order chi connectivity index (χ1) is 7.85. The molecular formula is C13H20N2O2. The third kappa shape index (κ3) is 2.44. The molecule has 1 aliphatic rings. The molecule has 1 heterocycles. The van der Waals surface area contributed by atoms with E-state index in [9.17, 15) is 9.59 Å². The van der Waals surface area contributed by atoms with Crippen molar-refractivity contribution in [3.05, 3.63) is 0 Å². The molecule has 0 bridgehead atoms. The second-order valence-electron chi connectivity index (χ2n) is 4.97. The van der Waals surface area contributed by atoms with Gasteiger partial charge >= 0.3 is 0 Å². The van der Waals surface area contributed by atoms with Crippen molar-refractivity contribution < 1.29 is 9.59 Å². The number of carbonyl (C=O) groups excluding carboxylic acids is 2. The molecule has 1 saturated heterocycles. The second-order valence-corrected chi connectivity index (χ2v) is 4.97. The van der Waals surface area contributed by atoms with Crippen LogP contribution in [0.5, 0.6) is 0 Å². The quantitative estimate of drug-likeness (QED) is 0.741. The van der Waals surface area contributed by atoms with Gasteiger partial charge in [-0.1, -0.05) is 6.92 Å². The second kappa shape index (κ2) is 4.79. The highest BCUT2D eigenvalue weighted by atomic mass is 16.2. The zero-order valence-corrected chi connectivity index (χ0v) is 10.9. The Morgan fingerprint density at radius 2 is 2.12 bits per heavy atom. The molecule has 0 aromatic rings. The standard InChI is InChI=1S/C13H20N2O2/c1-6-8-10(7-2)15-9(3)11(16)14-13(4,5)12(15)17/h1,9-10H,7-8H2,2-5H3,(H,14,16). The third-order valence-electron chi connectivity index (χ3n) is 3.22. The van der Waals surface area contributed by atoms with Crippen LogP contribution in [0, 0.1) is 12.3 Å². The Kier molecular flexibility index (Phi) is 3.82. The maximum Gasteiger partial charge on any atom is 0.248 e. The van der Waals surface area contributed by atoms with Gasteiger partial charge in [-0.25, -0.2) is 0 Å². The summed E-state index contributed by atoms with van der Waals surface area (Å²) in [5, 5.41) is 2.72. The van der Waals surface area contributed by atoms with Crippen LogP contribution in [-0.2, 0) is 9.59 Å². The first-order valence-corrected chi connectivity index (χ1v) is 5.93. The number of carbonyl (C=O) groups is 2. The predicted octanol–water partition coefficient (Wildman–Crippen LogP) is 0.914. The Morgan fingerprint density at radius 1 is 1.53 bits per heavy atom. The summed E-state index contributed by atoms with van der Waals surface area (Å²) >= 11 is 0. The number of hydrogen-bond donors (Lipinski definition) is 1. The summed E-state index contributed by atoms with van der Waals surface area (Å²) in [7, 11) is 0. The van der Waals surface area contributed by atoms with Crippen molar-refractivity contribution in [1.82, 2.24) is 10.2 Å². The van der Waals surface area contributed by atoms with Gasteiger partial charge in [0.15, 0.2) is 0 Å². The number of hydrogen-bond acceptors (Lipinski definition) is 2. The van der Waals surface area contributed by atoms with E-state index in [1.807, 2.05) is 6.92 Å². The number of amides is 2. The summed E-state index contributed by atoms with van der Waals surface area (Å²) in [4.78, 5) is 25.8. The summed E-state index contributed by atoms with van der Waals surface area (Å²) in [5.74, 6) is 2.39. The lowest BCUT2D eigenvalue weighted by Crippen LogP contribution is -2.69. The van der Waals surface area contributed by atoms with Gasteiger partial charge in [-0.05, 0) is 27.2 Å². The molecule has 1 N–H and O–H groups in total. The lowest BCUT2D eigenvalue weighted by Gasteiger charge is -2.44. The number of piperazine rings is 1. The first kappa shape index (κ1) is 13.6. The third-order valence-corrected chi connectivity index (χ3v) is 3.22. The van der Waals surface area contributed by atoms with Crippen LogP contribution in [0.3, 0.4) is 0 Å². The molecule has 0 saturated carbocycles. The Morgan fingerprint density at radius 3 is 2.59 bits per heavy atom. The Labute approximate surface area is 103 Å². The minimum atomic E-state index is -0.842. The molecule has 1 aliphatic heterocycles. The molecule has 0 radical (unpaired) electrons. The van der Waals surface area contributed by atoms with Gasteiger partial charge in [0, 0.05) is 12.5 Å². The van der Waals surface area contributed by atoms with Gasteiger partial charge in [0.1, 0.15) is 11.6 Å². The number of rotatable bonds is 3. The molecule has 2 atom stereocenters. The van der Waals surface area contributed by atoms with Crippen LogP contribution >= 0.6 is 0 Å². The molecule has 0 spiro atoms. The van der Waals surface area contributed by atoms with Gasteiger partial charge in [-0.2, -0.15) is 0 Å². The average molecular weight is 236 g/mol.